The number of anilines is 1. The number of aryl methyl sites for hydroxylation is 2. The summed E-state index contributed by atoms with van der Waals surface area (Å²) in [6.07, 6.45) is 1.52. The van der Waals surface area contributed by atoms with Crippen molar-refractivity contribution in [1.82, 2.24) is 5.32 Å². The van der Waals surface area contributed by atoms with E-state index in [0.29, 0.717) is 29.4 Å². The molecule has 29 heavy (non-hydrogen) atoms. The molecule has 1 fully saturated rings. The number of thiocarbonyl (C=S) groups is 1. The van der Waals surface area contributed by atoms with Gasteiger partial charge in [-0.15, -0.1) is 0 Å². The van der Waals surface area contributed by atoms with Crippen molar-refractivity contribution in [3.63, 3.8) is 0 Å². The molecular weight excluding hydrogens is 388 g/mol. The van der Waals surface area contributed by atoms with E-state index in [-0.39, 0.29) is 10.7 Å². The van der Waals surface area contributed by atoms with Crippen molar-refractivity contribution in [2.45, 2.75) is 20.8 Å². The van der Waals surface area contributed by atoms with Crippen molar-refractivity contribution in [3.8, 4) is 11.5 Å². The zero-order valence-electron chi connectivity index (χ0n) is 16.7. The Bertz CT molecular complexity index is 1030. The number of carbonyl (C=O) groups is 2. The zero-order chi connectivity index (χ0) is 21.1. The van der Waals surface area contributed by atoms with Gasteiger partial charge < -0.3 is 9.47 Å². The van der Waals surface area contributed by atoms with Crippen LogP contribution in [-0.4, -0.2) is 30.6 Å². The number of amides is 2. The van der Waals surface area contributed by atoms with Crippen molar-refractivity contribution in [3.05, 3.63) is 58.7 Å². The number of ether oxygens (including phenoxy) is 2. The van der Waals surface area contributed by atoms with E-state index in [1.165, 1.54) is 18.1 Å². The van der Waals surface area contributed by atoms with E-state index < -0.39 is 11.8 Å². The summed E-state index contributed by atoms with van der Waals surface area (Å²) in [4.78, 5) is 27.1. The van der Waals surface area contributed by atoms with E-state index in [2.05, 4.69) is 5.32 Å². The van der Waals surface area contributed by atoms with Gasteiger partial charge in [0, 0.05) is 0 Å². The average molecular weight is 410 g/mol. The minimum atomic E-state index is -0.533. The maximum absolute atomic E-state index is 13.2. The number of nitrogens with zero attached hydrogens (tertiary/aromatic N) is 1. The van der Waals surface area contributed by atoms with Gasteiger partial charge in [0.1, 0.15) is 5.57 Å². The molecule has 2 aromatic carbocycles. The van der Waals surface area contributed by atoms with Crippen molar-refractivity contribution >= 4 is 40.9 Å². The van der Waals surface area contributed by atoms with Gasteiger partial charge in [-0.05, 0) is 74.0 Å². The normalized spacial score (nSPS) is 15.5. The smallest absolute Gasteiger partial charge is 0.270 e. The summed E-state index contributed by atoms with van der Waals surface area (Å²) >= 11 is 5.28. The molecule has 0 unspecified atom stereocenters. The van der Waals surface area contributed by atoms with Crippen molar-refractivity contribution in [2.24, 2.45) is 0 Å². The fourth-order valence-corrected chi connectivity index (χ4v) is 3.33. The molecule has 7 heteroatoms. The Morgan fingerprint density at radius 2 is 1.86 bits per heavy atom. The fraction of sp³-hybridized carbons (Fsp3) is 0.227. The van der Waals surface area contributed by atoms with Gasteiger partial charge in [-0.2, -0.15) is 0 Å². The SMILES string of the molecule is CCOc1ccc(/C=C2\C(=O)NC(=S)N(c3cc(C)ccc3C)C2=O)cc1OC. The number of carbonyl (C=O) groups excluding carboxylic acids is 2. The van der Waals surface area contributed by atoms with Gasteiger partial charge in [0.25, 0.3) is 11.8 Å². The van der Waals surface area contributed by atoms with Crippen LogP contribution in [0.15, 0.2) is 42.0 Å². The molecule has 0 bridgehead atoms. The fourth-order valence-electron chi connectivity index (χ4n) is 3.05. The second-order valence-electron chi connectivity index (χ2n) is 6.59. The lowest BCUT2D eigenvalue weighted by atomic mass is 10.0. The molecule has 1 saturated heterocycles. The first-order valence-electron chi connectivity index (χ1n) is 9.15. The van der Waals surface area contributed by atoms with Crippen LogP contribution in [0.1, 0.15) is 23.6 Å². The van der Waals surface area contributed by atoms with Crippen LogP contribution in [0.3, 0.4) is 0 Å². The Morgan fingerprint density at radius 1 is 1.10 bits per heavy atom. The van der Waals surface area contributed by atoms with Crippen LogP contribution in [0.5, 0.6) is 11.5 Å². The Morgan fingerprint density at radius 3 is 2.55 bits per heavy atom. The molecule has 0 aromatic heterocycles. The highest BCUT2D eigenvalue weighted by molar-refractivity contribution is 7.80. The quantitative estimate of drug-likeness (QED) is 0.464. The zero-order valence-corrected chi connectivity index (χ0v) is 17.6. The highest BCUT2D eigenvalue weighted by Crippen LogP contribution is 2.30. The van der Waals surface area contributed by atoms with Crippen LogP contribution in [0, 0.1) is 13.8 Å². The van der Waals surface area contributed by atoms with Gasteiger partial charge >= 0.3 is 0 Å². The molecular formula is C22H22N2O4S. The molecule has 2 aromatic rings. The van der Waals surface area contributed by atoms with Crippen LogP contribution in [0.2, 0.25) is 0 Å². The molecule has 6 nitrogen and oxygen atoms in total. The van der Waals surface area contributed by atoms with E-state index in [1.54, 1.807) is 18.2 Å². The van der Waals surface area contributed by atoms with Gasteiger partial charge in [0.15, 0.2) is 16.6 Å². The predicted octanol–water partition coefficient (Wildman–Crippen LogP) is 3.54. The largest absolute Gasteiger partial charge is 0.493 e. The lowest BCUT2D eigenvalue weighted by molar-refractivity contribution is -0.122. The van der Waals surface area contributed by atoms with E-state index >= 15 is 0 Å². The van der Waals surface area contributed by atoms with Crippen molar-refractivity contribution in [2.75, 3.05) is 18.6 Å². The van der Waals surface area contributed by atoms with Gasteiger partial charge in [-0.25, -0.2) is 0 Å². The third kappa shape index (κ3) is 4.14. The summed E-state index contributed by atoms with van der Waals surface area (Å²) in [6.45, 7) is 6.20. The molecule has 0 saturated carbocycles. The van der Waals surface area contributed by atoms with E-state index in [9.17, 15) is 9.59 Å². The third-order valence-corrected chi connectivity index (χ3v) is 4.79. The van der Waals surface area contributed by atoms with Crippen molar-refractivity contribution < 1.29 is 19.1 Å². The van der Waals surface area contributed by atoms with E-state index in [4.69, 9.17) is 21.7 Å². The maximum Gasteiger partial charge on any atom is 0.270 e. The molecule has 1 aliphatic heterocycles. The number of methoxy groups -OCH3 is 1. The Kier molecular flexibility index (Phi) is 5.98. The summed E-state index contributed by atoms with van der Waals surface area (Å²) in [5.74, 6) is 0.108. The topological polar surface area (TPSA) is 67.9 Å². The van der Waals surface area contributed by atoms with Crippen LogP contribution in [0.25, 0.3) is 6.08 Å². The molecule has 0 radical (unpaired) electrons. The molecule has 1 heterocycles. The van der Waals surface area contributed by atoms with Gasteiger partial charge in [0.2, 0.25) is 0 Å². The molecule has 1 N–H and O–H groups in total. The Hall–Kier alpha value is -3.19. The highest BCUT2D eigenvalue weighted by atomic mass is 32.1. The second-order valence-corrected chi connectivity index (χ2v) is 6.98. The van der Waals surface area contributed by atoms with Crippen LogP contribution < -0.4 is 19.7 Å². The maximum atomic E-state index is 13.2. The van der Waals surface area contributed by atoms with Gasteiger partial charge in [-0.1, -0.05) is 18.2 Å². The van der Waals surface area contributed by atoms with Gasteiger partial charge in [-0.3, -0.25) is 19.8 Å². The monoisotopic (exact) mass is 410 g/mol. The first-order valence-corrected chi connectivity index (χ1v) is 9.56. The lowest BCUT2D eigenvalue weighted by Crippen LogP contribution is -2.54. The third-order valence-electron chi connectivity index (χ3n) is 4.51. The van der Waals surface area contributed by atoms with Gasteiger partial charge in [0.05, 0.1) is 19.4 Å². The number of benzene rings is 2. The second kappa shape index (κ2) is 8.45. The summed E-state index contributed by atoms with van der Waals surface area (Å²) < 4.78 is 10.9. The van der Waals surface area contributed by atoms with Crippen LogP contribution >= 0.6 is 12.2 Å². The molecule has 150 valence electrons. The Labute approximate surface area is 175 Å². The summed E-state index contributed by atoms with van der Waals surface area (Å²) in [7, 11) is 1.54. The standard InChI is InChI=1S/C22H22N2O4S/c1-5-28-18-9-8-15(12-19(18)27-4)11-16-20(25)23-22(29)24(21(16)26)17-10-13(2)6-7-14(17)3/h6-12H,5H2,1-4H3,(H,23,25,29)/b16-11+. The lowest BCUT2D eigenvalue weighted by Gasteiger charge is -2.30. The molecule has 1 aliphatic rings. The molecule has 0 spiro atoms. The van der Waals surface area contributed by atoms with E-state index in [1.807, 2.05) is 39.0 Å². The highest BCUT2D eigenvalue weighted by Gasteiger charge is 2.35. The molecule has 2 amide bonds. The van der Waals surface area contributed by atoms with E-state index in [0.717, 1.165) is 11.1 Å². The van der Waals surface area contributed by atoms with Crippen LogP contribution in [0.4, 0.5) is 5.69 Å². The number of rotatable bonds is 5. The minimum Gasteiger partial charge on any atom is -0.493 e. The minimum absolute atomic E-state index is 0.00859. The number of hydrogen-bond donors (Lipinski definition) is 1. The molecule has 3 rings (SSSR count). The summed E-state index contributed by atoms with van der Waals surface area (Å²) in [5, 5.41) is 2.67. The summed E-state index contributed by atoms with van der Waals surface area (Å²) in [6, 6.07) is 11.0. The first-order chi connectivity index (χ1) is 13.8. The summed E-state index contributed by atoms with van der Waals surface area (Å²) in [5.41, 5.74) is 3.14. The molecule has 0 aliphatic carbocycles. The first kappa shape index (κ1) is 20.5. The molecule has 0 atom stereocenters. The number of nitrogens with one attached hydrogen (secondary N) is 1. The average Bonchev–Trinajstić information content (AvgIpc) is 2.68. The van der Waals surface area contributed by atoms with Crippen LogP contribution in [-0.2, 0) is 9.59 Å². The Balaban J connectivity index is 2.03. The van der Waals surface area contributed by atoms with Crippen molar-refractivity contribution in [1.29, 1.82) is 0 Å². The predicted molar refractivity (Wildman–Crippen MR) is 116 cm³/mol. The number of hydrogen-bond acceptors (Lipinski definition) is 5.